The van der Waals surface area contributed by atoms with Gasteiger partial charge in [0.2, 0.25) is 5.95 Å². The van der Waals surface area contributed by atoms with Crippen LogP contribution in [0, 0.1) is 0 Å². The Labute approximate surface area is 179 Å². The number of hydrogen-bond acceptors (Lipinski definition) is 5. The van der Waals surface area contributed by atoms with Crippen LogP contribution < -0.4 is 5.32 Å². The van der Waals surface area contributed by atoms with Crippen molar-refractivity contribution in [2.24, 2.45) is 0 Å². The lowest BCUT2D eigenvalue weighted by Crippen LogP contribution is -2.02. The smallest absolute Gasteiger partial charge is 0.229 e. The molecule has 0 spiro atoms. The van der Waals surface area contributed by atoms with E-state index >= 15 is 0 Å². The van der Waals surface area contributed by atoms with Gasteiger partial charge in [-0.1, -0.05) is 53.7 Å². The highest BCUT2D eigenvalue weighted by Gasteiger charge is 2.15. The fraction of sp³-hybridized carbons (Fsp3) is 0.120. The van der Waals surface area contributed by atoms with E-state index in [0.717, 1.165) is 29.8 Å². The maximum Gasteiger partial charge on any atom is 0.229 e. The Morgan fingerprint density at radius 2 is 1.68 bits per heavy atom. The Bertz CT molecular complexity index is 1390. The molecule has 6 heteroatoms. The molecule has 150 valence electrons. The summed E-state index contributed by atoms with van der Waals surface area (Å²) in [5.41, 5.74) is 8.41. The minimum atomic E-state index is 0.516. The summed E-state index contributed by atoms with van der Waals surface area (Å²) >= 11 is 0. The molecule has 0 amide bonds. The number of nitrogens with one attached hydrogen (secondary N) is 1. The van der Waals surface area contributed by atoms with Crippen molar-refractivity contribution in [3.8, 4) is 16.8 Å². The summed E-state index contributed by atoms with van der Waals surface area (Å²) in [6, 6.07) is 25.0. The van der Waals surface area contributed by atoms with E-state index in [9.17, 15) is 0 Å². The molecule has 3 aromatic carbocycles. The van der Waals surface area contributed by atoms with E-state index in [0.29, 0.717) is 17.1 Å². The number of nitrogens with zero attached hydrogens (tertiary/aromatic N) is 5. The van der Waals surface area contributed by atoms with E-state index < -0.39 is 0 Å². The lowest BCUT2D eigenvalue weighted by molar-refractivity contribution is 0.816. The molecule has 1 N–H and O–H groups in total. The largest absolute Gasteiger partial charge is 0.324 e. The molecule has 0 atom stereocenters. The molecule has 5 aromatic rings. The summed E-state index contributed by atoms with van der Waals surface area (Å²) in [6.45, 7) is 0. The van der Waals surface area contributed by atoms with Crippen molar-refractivity contribution in [1.82, 2.24) is 25.0 Å². The summed E-state index contributed by atoms with van der Waals surface area (Å²) in [5.74, 6) is 0.516. The van der Waals surface area contributed by atoms with Crippen LogP contribution in [-0.2, 0) is 12.8 Å². The first kappa shape index (κ1) is 17.8. The molecule has 0 fully saturated rings. The van der Waals surface area contributed by atoms with Gasteiger partial charge in [0.15, 0.2) is 11.2 Å². The summed E-state index contributed by atoms with van der Waals surface area (Å²) in [5, 5.41) is 11.9. The zero-order valence-electron chi connectivity index (χ0n) is 16.9. The van der Waals surface area contributed by atoms with Crippen LogP contribution in [-0.4, -0.2) is 25.0 Å². The predicted octanol–water partition coefficient (Wildman–Crippen LogP) is 5.11. The maximum atomic E-state index is 4.72. The molecule has 0 radical (unpaired) electrons. The van der Waals surface area contributed by atoms with E-state index in [4.69, 9.17) is 4.98 Å². The van der Waals surface area contributed by atoms with Gasteiger partial charge in [-0.15, -0.1) is 5.10 Å². The Balaban J connectivity index is 1.34. The molecule has 0 saturated carbocycles. The standard InChI is InChI=1S/C25H20N6/c1-2-6-17(7-3-1)19-10-5-11-21(14-19)27-25-26-16-23-24(28-25)31(30-29-23)22-13-12-18-8-4-9-20(18)15-22/h1-3,5-7,10-16H,4,8-9H2,(H,26,27,28). The van der Waals surface area contributed by atoms with Gasteiger partial charge in [0.1, 0.15) is 0 Å². The lowest BCUT2D eigenvalue weighted by atomic mass is 10.1. The molecule has 0 saturated heterocycles. The Hall–Kier alpha value is -4.06. The summed E-state index contributed by atoms with van der Waals surface area (Å²) in [4.78, 5) is 9.15. The zero-order valence-corrected chi connectivity index (χ0v) is 16.9. The lowest BCUT2D eigenvalue weighted by Gasteiger charge is -2.08. The molecule has 0 bridgehead atoms. The second-order valence-electron chi connectivity index (χ2n) is 7.78. The van der Waals surface area contributed by atoms with Gasteiger partial charge in [-0.05, 0) is 65.8 Å². The minimum Gasteiger partial charge on any atom is -0.324 e. The third-order valence-electron chi connectivity index (χ3n) is 5.75. The fourth-order valence-electron chi connectivity index (χ4n) is 4.19. The zero-order chi connectivity index (χ0) is 20.6. The van der Waals surface area contributed by atoms with Gasteiger partial charge in [0, 0.05) is 5.69 Å². The average molecular weight is 404 g/mol. The Kier molecular flexibility index (Phi) is 4.20. The second kappa shape index (κ2) is 7.32. The molecule has 1 aliphatic rings. The first-order valence-electron chi connectivity index (χ1n) is 10.5. The van der Waals surface area contributed by atoms with E-state index in [1.165, 1.54) is 23.1 Å². The summed E-state index contributed by atoms with van der Waals surface area (Å²) in [7, 11) is 0. The van der Waals surface area contributed by atoms with Gasteiger partial charge in [-0.3, -0.25) is 0 Å². The minimum absolute atomic E-state index is 0.516. The molecule has 2 heterocycles. The molecule has 31 heavy (non-hydrogen) atoms. The SMILES string of the molecule is c1ccc(-c2cccc(Nc3ncc4nnn(-c5ccc6c(c5)CCC6)c4n3)c2)cc1. The quantitative estimate of drug-likeness (QED) is 0.451. The van der Waals surface area contributed by atoms with Crippen molar-refractivity contribution in [2.75, 3.05) is 5.32 Å². The Morgan fingerprint density at radius 3 is 2.61 bits per heavy atom. The van der Waals surface area contributed by atoms with Crippen LogP contribution in [0.5, 0.6) is 0 Å². The first-order valence-corrected chi connectivity index (χ1v) is 10.5. The normalized spacial score (nSPS) is 12.8. The van der Waals surface area contributed by atoms with Gasteiger partial charge in [-0.2, -0.15) is 9.67 Å². The van der Waals surface area contributed by atoms with E-state index in [2.05, 4.69) is 63.1 Å². The van der Waals surface area contributed by atoms with Gasteiger partial charge >= 0.3 is 0 Å². The molecule has 2 aromatic heterocycles. The van der Waals surface area contributed by atoms with Gasteiger partial charge in [0.05, 0.1) is 11.9 Å². The van der Waals surface area contributed by atoms with Crippen molar-refractivity contribution in [2.45, 2.75) is 19.3 Å². The average Bonchev–Trinajstić information content (AvgIpc) is 3.46. The number of aryl methyl sites for hydroxylation is 2. The molecule has 0 aliphatic heterocycles. The fourth-order valence-corrected chi connectivity index (χ4v) is 4.19. The van der Waals surface area contributed by atoms with Crippen LogP contribution in [0.4, 0.5) is 11.6 Å². The van der Waals surface area contributed by atoms with Crippen LogP contribution in [0.2, 0.25) is 0 Å². The van der Waals surface area contributed by atoms with E-state index in [-0.39, 0.29) is 0 Å². The summed E-state index contributed by atoms with van der Waals surface area (Å²) in [6.07, 6.45) is 5.21. The third kappa shape index (κ3) is 3.32. The number of anilines is 2. The van der Waals surface area contributed by atoms with Crippen molar-refractivity contribution < 1.29 is 0 Å². The molecule has 6 rings (SSSR count). The molecule has 1 aliphatic carbocycles. The molecule has 0 unspecified atom stereocenters. The topological polar surface area (TPSA) is 68.5 Å². The highest BCUT2D eigenvalue weighted by atomic mass is 15.4. The van der Waals surface area contributed by atoms with E-state index in [1.54, 1.807) is 10.9 Å². The maximum absolute atomic E-state index is 4.72. The highest BCUT2D eigenvalue weighted by molar-refractivity contribution is 5.74. The van der Waals surface area contributed by atoms with Crippen molar-refractivity contribution in [1.29, 1.82) is 0 Å². The first-order chi connectivity index (χ1) is 15.3. The van der Waals surface area contributed by atoms with Crippen LogP contribution in [0.3, 0.4) is 0 Å². The van der Waals surface area contributed by atoms with Gasteiger partial charge in [-0.25, -0.2) is 4.98 Å². The second-order valence-corrected chi connectivity index (χ2v) is 7.78. The predicted molar refractivity (Wildman–Crippen MR) is 122 cm³/mol. The molecular formula is C25H20N6. The van der Waals surface area contributed by atoms with Crippen LogP contribution in [0.1, 0.15) is 17.5 Å². The van der Waals surface area contributed by atoms with Gasteiger partial charge in [0.25, 0.3) is 0 Å². The van der Waals surface area contributed by atoms with Crippen LogP contribution >= 0.6 is 0 Å². The number of rotatable bonds is 4. The third-order valence-corrected chi connectivity index (χ3v) is 5.75. The van der Waals surface area contributed by atoms with Crippen molar-refractivity contribution in [3.05, 3.63) is 90.1 Å². The number of fused-ring (bicyclic) bond motifs is 2. The van der Waals surface area contributed by atoms with Crippen LogP contribution in [0.15, 0.2) is 79.0 Å². The molecular weight excluding hydrogens is 384 g/mol. The number of aromatic nitrogens is 5. The monoisotopic (exact) mass is 404 g/mol. The van der Waals surface area contributed by atoms with E-state index in [1.807, 2.05) is 30.3 Å². The number of hydrogen-bond donors (Lipinski definition) is 1. The van der Waals surface area contributed by atoms with Crippen molar-refractivity contribution >= 4 is 22.8 Å². The molecule has 6 nitrogen and oxygen atoms in total. The van der Waals surface area contributed by atoms with Gasteiger partial charge < -0.3 is 5.32 Å². The Morgan fingerprint density at radius 1 is 0.806 bits per heavy atom. The highest BCUT2D eigenvalue weighted by Crippen LogP contribution is 2.26. The van der Waals surface area contributed by atoms with Crippen molar-refractivity contribution in [3.63, 3.8) is 0 Å². The summed E-state index contributed by atoms with van der Waals surface area (Å²) < 4.78 is 1.79. The van der Waals surface area contributed by atoms with Crippen LogP contribution in [0.25, 0.3) is 28.0 Å². The number of benzene rings is 3.